The molecule has 0 radical (unpaired) electrons. The van der Waals surface area contributed by atoms with Crippen LogP contribution in [0.2, 0.25) is 0 Å². The Morgan fingerprint density at radius 3 is 2.67 bits per heavy atom. The molecule has 0 spiro atoms. The second-order valence-corrected chi connectivity index (χ2v) is 5.40. The van der Waals surface area contributed by atoms with E-state index in [1.54, 1.807) is 7.11 Å². The van der Waals surface area contributed by atoms with E-state index in [-0.39, 0.29) is 0 Å². The highest BCUT2D eigenvalue weighted by Gasteiger charge is 2.27. The lowest BCUT2D eigenvalue weighted by Gasteiger charge is -2.33. The predicted molar refractivity (Wildman–Crippen MR) is 73.7 cm³/mol. The van der Waals surface area contributed by atoms with E-state index >= 15 is 0 Å². The third-order valence-corrected chi connectivity index (χ3v) is 4.21. The Morgan fingerprint density at radius 1 is 1.33 bits per heavy atom. The lowest BCUT2D eigenvalue weighted by atomic mass is 9.77. The summed E-state index contributed by atoms with van der Waals surface area (Å²) in [4.78, 5) is 4.14. The normalized spacial score (nSPS) is 25.7. The number of nitrogens with zero attached hydrogens (tertiary/aromatic N) is 1. The zero-order chi connectivity index (χ0) is 13.0. The summed E-state index contributed by atoms with van der Waals surface area (Å²) in [6, 6.07) is 2.47. The fourth-order valence-corrected chi connectivity index (χ4v) is 3.08. The van der Waals surface area contributed by atoms with Crippen LogP contribution in [0.25, 0.3) is 0 Å². The lowest BCUT2D eigenvalue weighted by molar-refractivity contribution is 0.234. The van der Waals surface area contributed by atoms with Gasteiger partial charge in [0, 0.05) is 17.8 Å². The van der Waals surface area contributed by atoms with Gasteiger partial charge in [-0.1, -0.05) is 19.8 Å². The smallest absolute Gasteiger partial charge is 0.141 e. The first-order valence-electron chi connectivity index (χ1n) is 6.91. The monoisotopic (exact) mass is 248 g/mol. The van der Waals surface area contributed by atoms with Crippen LogP contribution in [0.5, 0.6) is 5.75 Å². The van der Waals surface area contributed by atoms with Crippen molar-refractivity contribution in [3.05, 3.63) is 24.0 Å². The van der Waals surface area contributed by atoms with Gasteiger partial charge in [-0.15, -0.1) is 0 Å². The van der Waals surface area contributed by atoms with E-state index in [9.17, 15) is 0 Å². The van der Waals surface area contributed by atoms with Crippen molar-refractivity contribution >= 4 is 0 Å². The molecule has 0 saturated heterocycles. The van der Waals surface area contributed by atoms with E-state index in [1.807, 2.05) is 19.4 Å². The van der Waals surface area contributed by atoms with Gasteiger partial charge in [0.05, 0.1) is 13.3 Å². The molecule has 1 aliphatic carbocycles. The van der Waals surface area contributed by atoms with Gasteiger partial charge in [0.1, 0.15) is 5.75 Å². The molecule has 1 aliphatic rings. The SMILES string of the molecule is CNC(c1ccncc1OC)C1CCC(C)CC1. The first kappa shape index (κ1) is 13.3. The highest BCUT2D eigenvalue weighted by molar-refractivity contribution is 5.33. The maximum absolute atomic E-state index is 5.44. The number of hydrogen-bond acceptors (Lipinski definition) is 3. The van der Waals surface area contributed by atoms with Crippen molar-refractivity contribution in [3.63, 3.8) is 0 Å². The van der Waals surface area contributed by atoms with Crippen molar-refractivity contribution in [3.8, 4) is 5.75 Å². The zero-order valence-electron chi connectivity index (χ0n) is 11.6. The minimum absolute atomic E-state index is 0.385. The van der Waals surface area contributed by atoms with E-state index in [4.69, 9.17) is 4.74 Å². The molecule has 1 aromatic heterocycles. The van der Waals surface area contributed by atoms with Gasteiger partial charge in [0.25, 0.3) is 0 Å². The number of pyridine rings is 1. The number of nitrogens with one attached hydrogen (secondary N) is 1. The number of ether oxygens (including phenoxy) is 1. The molecule has 0 bridgehead atoms. The highest BCUT2D eigenvalue weighted by Crippen LogP contribution is 2.38. The molecular formula is C15H24N2O. The van der Waals surface area contributed by atoms with E-state index in [0.29, 0.717) is 12.0 Å². The molecule has 1 heterocycles. The Hall–Kier alpha value is -1.09. The molecule has 1 N–H and O–H groups in total. The molecule has 1 saturated carbocycles. The Balaban J connectivity index is 2.17. The zero-order valence-corrected chi connectivity index (χ0v) is 11.6. The summed E-state index contributed by atoms with van der Waals surface area (Å²) < 4.78 is 5.44. The Labute approximate surface area is 110 Å². The number of methoxy groups -OCH3 is 1. The molecule has 1 unspecified atom stereocenters. The molecule has 1 aromatic rings. The average molecular weight is 248 g/mol. The molecule has 3 nitrogen and oxygen atoms in total. The van der Waals surface area contributed by atoms with Crippen molar-refractivity contribution in [2.45, 2.75) is 38.6 Å². The Kier molecular flexibility index (Phi) is 4.59. The molecule has 0 aliphatic heterocycles. The predicted octanol–water partition coefficient (Wildman–Crippen LogP) is 3.18. The van der Waals surface area contributed by atoms with Crippen molar-refractivity contribution in [2.75, 3.05) is 14.2 Å². The van der Waals surface area contributed by atoms with E-state index < -0.39 is 0 Å². The summed E-state index contributed by atoms with van der Waals surface area (Å²) in [5, 5.41) is 3.47. The number of aromatic nitrogens is 1. The summed E-state index contributed by atoms with van der Waals surface area (Å²) >= 11 is 0. The maximum Gasteiger partial charge on any atom is 0.141 e. The average Bonchev–Trinajstić information content (AvgIpc) is 2.42. The van der Waals surface area contributed by atoms with Crippen LogP contribution in [0.15, 0.2) is 18.5 Å². The topological polar surface area (TPSA) is 34.2 Å². The lowest BCUT2D eigenvalue weighted by Crippen LogP contribution is -2.28. The van der Waals surface area contributed by atoms with E-state index in [2.05, 4.69) is 23.3 Å². The first-order chi connectivity index (χ1) is 8.76. The van der Waals surface area contributed by atoms with E-state index in [0.717, 1.165) is 11.7 Å². The summed E-state index contributed by atoms with van der Waals surface area (Å²) in [6.45, 7) is 2.36. The molecule has 100 valence electrons. The van der Waals surface area contributed by atoms with Crippen LogP contribution in [-0.2, 0) is 0 Å². The second kappa shape index (κ2) is 6.19. The van der Waals surface area contributed by atoms with Gasteiger partial charge in [0.15, 0.2) is 0 Å². The van der Waals surface area contributed by atoms with Crippen molar-refractivity contribution in [1.82, 2.24) is 10.3 Å². The van der Waals surface area contributed by atoms with E-state index in [1.165, 1.54) is 31.2 Å². The molecule has 18 heavy (non-hydrogen) atoms. The van der Waals surface area contributed by atoms with Crippen LogP contribution >= 0.6 is 0 Å². The Morgan fingerprint density at radius 2 is 2.06 bits per heavy atom. The van der Waals surface area contributed by atoms with Gasteiger partial charge in [-0.05, 0) is 37.8 Å². The van der Waals surface area contributed by atoms with Crippen LogP contribution in [0.1, 0.15) is 44.2 Å². The number of hydrogen-bond donors (Lipinski definition) is 1. The molecule has 1 fully saturated rings. The highest BCUT2D eigenvalue weighted by atomic mass is 16.5. The Bertz CT molecular complexity index is 373. The third kappa shape index (κ3) is 2.83. The second-order valence-electron chi connectivity index (χ2n) is 5.40. The van der Waals surface area contributed by atoms with Gasteiger partial charge in [-0.3, -0.25) is 4.98 Å². The fourth-order valence-electron chi connectivity index (χ4n) is 3.08. The number of rotatable bonds is 4. The van der Waals surface area contributed by atoms with Crippen LogP contribution in [-0.4, -0.2) is 19.1 Å². The van der Waals surface area contributed by atoms with Crippen molar-refractivity contribution in [2.24, 2.45) is 11.8 Å². The molecule has 1 atom stereocenters. The van der Waals surface area contributed by atoms with Gasteiger partial charge >= 0.3 is 0 Å². The van der Waals surface area contributed by atoms with Gasteiger partial charge in [0.2, 0.25) is 0 Å². The third-order valence-electron chi connectivity index (χ3n) is 4.21. The molecule has 0 amide bonds. The van der Waals surface area contributed by atoms with Crippen molar-refractivity contribution in [1.29, 1.82) is 0 Å². The van der Waals surface area contributed by atoms with Crippen molar-refractivity contribution < 1.29 is 4.74 Å². The summed E-state index contributed by atoms with van der Waals surface area (Å²) in [5.41, 5.74) is 1.24. The van der Waals surface area contributed by atoms with Crippen LogP contribution in [0.4, 0.5) is 0 Å². The van der Waals surface area contributed by atoms with Gasteiger partial charge in [-0.25, -0.2) is 0 Å². The van der Waals surface area contributed by atoms with Gasteiger partial charge in [-0.2, -0.15) is 0 Å². The molecule has 0 aromatic carbocycles. The maximum atomic E-state index is 5.44. The largest absolute Gasteiger partial charge is 0.495 e. The first-order valence-corrected chi connectivity index (χ1v) is 6.91. The standard InChI is InChI=1S/C15H24N2O/c1-11-4-6-12(7-5-11)15(16-2)13-8-9-17-10-14(13)18-3/h8-12,15-16H,4-7H2,1-3H3. The minimum Gasteiger partial charge on any atom is -0.495 e. The van der Waals surface area contributed by atoms with Crippen LogP contribution in [0, 0.1) is 11.8 Å². The van der Waals surface area contributed by atoms with Gasteiger partial charge < -0.3 is 10.1 Å². The van der Waals surface area contributed by atoms with Crippen LogP contribution in [0.3, 0.4) is 0 Å². The van der Waals surface area contributed by atoms with Crippen LogP contribution < -0.4 is 10.1 Å². The minimum atomic E-state index is 0.385. The summed E-state index contributed by atoms with van der Waals surface area (Å²) in [7, 11) is 3.76. The molecule has 3 heteroatoms. The molecular weight excluding hydrogens is 224 g/mol. The fraction of sp³-hybridized carbons (Fsp3) is 0.667. The molecule has 2 rings (SSSR count). The summed E-state index contributed by atoms with van der Waals surface area (Å²) in [6.07, 6.45) is 8.96. The quantitative estimate of drug-likeness (QED) is 0.888. The summed E-state index contributed by atoms with van der Waals surface area (Å²) in [5.74, 6) is 2.50.